The van der Waals surface area contributed by atoms with Gasteiger partial charge in [-0.2, -0.15) is 10.4 Å². The summed E-state index contributed by atoms with van der Waals surface area (Å²) >= 11 is 6.17. The van der Waals surface area contributed by atoms with E-state index >= 15 is 0 Å². The van der Waals surface area contributed by atoms with Gasteiger partial charge in [-0.15, -0.1) is 10.2 Å². The second-order valence-corrected chi connectivity index (χ2v) is 16.7. The number of imide groups is 1. The van der Waals surface area contributed by atoms with Crippen molar-refractivity contribution in [1.82, 2.24) is 35.5 Å². The summed E-state index contributed by atoms with van der Waals surface area (Å²) in [5.41, 5.74) is 2.58. The molecule has 1 saturated carbocycles. The fraction of sp³-hybridized carbons (Fsp3) is 0.500. The van der Waals surface area contributed by atoms with Crippen molar-refractivity contribution in [2.24, 2.45) is 5.92 Å². The van der Waals surface area contributed by atoms with E-state index in [0.29, 0.717) is 52.6 Å². The van der Waals surface area contributed by atoms with Crippen molar-refractivity contribution in [3.8, 4) is 11.8 Å². The van der Waals surface area contributed by atoms with Gasteiger partial charge in [0, 0.05) is 62.2 Å². The Hall–Kier alpha value is -5.26. The molecule has 2 aromatic carbocycles. The highest BCUT2D eigenvalue weighted by molar-refractivity contribution is 6.31. The van der Waals surface area contributed by atoms with Gasteiger partial charge in [-0.25, -0.2) is 4.79 Å². The third kappa shape index (κ3) is 7.75. The maximum atomic E-state index is 13.1. The summed E-state index contributed by atoms with van der Waals surface area (Å²) in [5, 5.41) is 29.8. The third-order valence-electron chi connectivity index (χ3n) is 12.7. The standard InChI is InChI=1S/C42H47ClN10O4/c43-35-22-33(9-4-27(35)23-44)57-32-10-5-28(6-11-32)46-41(55)36-12-13-39(49-48-36)52-30-7-8-31(52)21-26(20-30)25-50-17-14-29(15-18-50)53-38-3-1-2-37(34(38)24-45-53)51-19-16-40(54)47-42(51)56/h1-4,9,12-13,22,24,26,28-32H,5-8,10-11,14-21,25H2,(H,46,55)(H,47,54,56)/t26?,28-,30?,31?,32-. The van der Waals surface area contributed by atoms with Crippen LogP contribution in [-0.2, 0) is 4.79 Å². The number of urea groups is 1. The molecule has 2 aromatic heterocycles. The summed E-state index contributed by atoms with van der Waals surface area (Å²) in [6.45, 7) is 3.52. The lowest BCUT2D eigenvalue weighted by atomic mass is 9.89. The lowest BCUT2D eigenvalue weighted by molar-refractivity contribution is -0.120. The summed E-state index contributed by atoms with van der Waals surface area (Å²) < 4.78 is 8.24. The minimum Gasteiger partial charge on any atom is -0.490 e. The quantitative estimate of drug-likeness (QED) is 0.206. The van der Waals surface area contributed by atoms with E-state index in [4.69, 9.17) is 26.7 Å². The number of halogens is 1. The zero-order valence-corrected chi connectivity index (χ0v) is 32.6. The van der Waals surface area contributed by atoms with Gasteiger partial charge >= 0.3 is 6.03 Å². The summed E-state index contributed by atoms with van der Waals surface area (Å²) in [6.07, 6.45) is 12.0. The van der Waals surface area contributed by atoms with Crippen LogP contribution >= 0.6 is 11.6 Å². The number of carbonyl (C=O) groups excluding carboxylic acids is 3. The largest absolute Gasteiger partial charge is 0.490 e. The highest BCUT2D eigenvalue weighted by atomic mass is 35.5. The number of rotatable bonds is 9. The molecule has 9 rings (SSSR count). The number of carbonyl (C=O) groups is 3. The van der Waals surface area contributed by atoms with E-state index in [1.165, 1.54) is 0 Å². The van der Waals surface area contributed by atoms with E-state index in [9.17, 15) is 14.4 Å². The number of piperidine rings is 2. The van der Waals surface area contributed by atoms with E-state index < -0.39 is 0 Å². The lowest BCUT2D eigenvalue weighted by Gasteiger charge is -2.42. The Kier molecular flexibility index (Phi) is 10.4. The van der Waals surface area contributed by atoms with Crippen LogP contribution in [0.15, 0.2) is 54.7 Å². The van der Waals surface area contributed by atoms with Crippen molar-refractivity contribution in [1.29, 1.82) is 5.26 Å². The van der Waals surface area contributed by atoms with Crippen LogP contribution in [0.25, 0.3) is 10.9 Å². The number of nitriles is 1. The molecule has 2 unspecified atom stereocenters. The van der Waals surface area contributed by atoms with Gasteiger partial charge in [0.2, 0.25) is 5.91 Å². The topological polar surface area (TPSA) is 162 Å². The van der Waals surface area contributed by atoms with Crippen molar-refractivity contribution in [2.75, 3.05) is 36.0 Å². The van der Waals surface area contributed by atoms with Crippen molar-refractivity contribution >= 4 is 51.9 Å². The minimum absolute atomic E-state index is 0.0331. The van der Waals surface area contributed by atoms with Crippen LogP contribution in [0.3, 0.4) is 0 Å². The molecule has 5 fully saturated rings. The molecule has 0 spiro atoms. The fourth-order valence-electron chi connectivity index (χ4n) is 9.92. The molecule has 2 N–H and O–H groups in total. The SMILES string of the molecule is N#Cc1ccc(O[C@H]2CC[C@H](NC(=O)c3ccc(N4C5CCC4CC(CN4CCC(n6ncc7c(N8CCC(=O)NC8=O)cccc76)CC4)C5)nn3)CC2)cc1Cl. The Morgan fingerprint density at radius 1 is 0.930 bits per heavy atom. The van der Waals surface area contributed by atoms with Gasteiger partial charge in [0.1, 0.15) is 11.8 Å². The van der Waals surface area contributed by atoms with Gasteiger partial charge in [0.15, 0.2) is 11.5 Å². The lowest BCUT2D eigenvalue weighted by Crippen LogP contribution is -2.49. The molecule has 296 valence electrons. The molecule has 5 aliphatic rings. The molecule has 57 heavy (non-hydrogen) atoms. The predicted molar refractivity (Wildman–Crippen MR) is 214 cm³/mol. The third-order valence-corrected chi connectivity index (χ3v) is 13.0. The molecule has 4 amide bonds. The molecular formula is C42H47ClN10O4. The molecule has 1 aliphatic carbocycles. The van der Waals surface area contributed by atoms with Gasteiger partial charge in [-0.05, 0) is 107 Å². The number of benzene rings is 2. The summed E-state index contributed by atoms with van der Waals surface area (Å²) in [5.74, 6) is 1.72. The van der Waals surface area contributed by atoms with E-state index in [0.717, 1.165) is 106 Å². The molecule has 14 nitrogen and oxygen atoms in total. The first kappa shape index (κ1) is 37.3. The summed E-state index contributed by atoms with van der Waals surface area (Å²) in [6, 6.07) is 17.8. The Balaban J connectivity index is 0.738. The number of likely N-dealkylation sites (tertiary alicyclic amines) is 1. The number of nitrogens with one attached hydrogen (secondary N) is 2. The number of amides is 4. The van der Waals surface area contributed by atoms with Crippen LogP contribution in [0, 0.1) is 17.2 Å². The Morgan fingerprint density at radius 3 is 2.42 bits per heavy atom. The van der Waals surface area contributed by atoms with Crippen LogP contribution < -0.4 is 25.2 Å². The van der Waals surface area contributed by atoms with Crippen molar-refractivity contribution < 1.29 is 19.1 Å². The Morgan fingerprint density at radius 2 is 1.72 bits per heavy atom. The molecule has 6 heterocycles. The first-order chi connectivity index (χ1) is 27.8. The predicted octanol–water partition coefficient (Wildman–Crippen LogP) is 6.00. The number of nitrogens with zero attached hydrogens (tertiary/aromatic N) is 8. The van der Waals surface area contributed by atoms with Gasteiger partial charge in [-0.3, -0.25) is 24.5 Å². The van der Waals surface area contributed by atoms with Crippen molar-refractivity contribution in [3.05, 3.63) is 71.0 Å². The Labute approximate surface area is 336 Å². The summed E-state index contributed by atoms with van der Waals surface area (Å²) in [7, 11) is 0. The van der Waals surface area contributed by atoms with Crippen molar-refractivity contribution in [3.63, 3.8) is 0 Å². The number of anilines is 2. The maximum absolute atomic E-state index is 13.1. The number of aromatic nitrogens is 4. The molecule has 0 radical (unpaired) electrons. The number of fused-ring (bicyclic) bond motifs is 3. The van der Waals surface area contributed by atoms with Crippen molar-refractivity contribution in [2.45, 2.75) is 101 Å². The highest BCUT2D eigenvalue weighted by Crippen LogP contribution is 2.42. The summed E-state index contributed by atoms with van der Waals surface area (Å²) in [4.78, 5) is 44.2. The van der Waals surface area contributed by atoms with E-state index in [1.54, 1.807) is 23.1 Å². The first-order valence-electron chi connectivity index (χ1n) is 20.4. The molecule has 2 atom stereocenters. The van der Waals surface area contributed by atoms with Crippen LogP contribution in [0.5, 0.6) is 5.75 Å². The van der Waals surface area contributed by atoms with Gasteiger partial charge in [-0.1, -0.05) is 17.7 Å². The van der Waals surface area contributed by atoms with E-state index in [-0.39, 0.29) is 36.4 Å². The molecule has 2 bridgehead atoms. The maximum Gasteiger partial charge on any atom is 0.328 e. The number of ether oxygens (including phenoxy) is 1. The molecule has 4 saturated heterocycles. The molecule has 15 heteroatoms. The second-order valence-electron chi connectivity index (χ2n) is 16.3. The minimum atomic E-state index is -0.378. The van der Waals surface area contributed by atoms with E-state index in [1.807, 2.05) is 30.5 Å². The normalized spacial score (nSPS) is 25.6. The average Bonchev–Trinajstić information content (AvgIpc) is 3.77. The van der Waals surface area contributed by atoms with Crippen LogP contribution in [0.1, 0.15) is 92.7 Å². The smallest absolute Gasteiger partial charge is 0.328 e. The van der Waals surface area contributed by atoms with Gasteiger partial charge in [0.25, 0.3) is 5.91 Å². The highest BCUT2D eigenvalue weighted by Gasteiger charge is 2.42. The van der Waals surface area contributed by atoms with Crippen LogP contribution in [0.2, 0.25) is 5.02 Å². The molecule has 4 aromatic rings. The zero-order valence-electron chi connectivity index (χ0n) is 31.9. The second kappa shape index (κ2) is 15.9. The molecule has 4 aliphatic heterocycles. The zero-order chi connectivity index (χ0) is 39.0. The van der Waals surface area contributed by atoms with Gasteiger partial charge in [0.05, 0.1) is 40.1 Å². The number of hydrogen-bond donors (Lipinski definition) is 2. The van der Waals surface area contributed by atoms with E-state index in [2.05, 4.69) is 47.4 Å². The number of hydrogen-bond acceptors (Lipinski definition) is 10. The fourth-order valence-corrected chi connectivity index (χ4v) is 10.1. The Bertz CT molecular complexity index is 2180. The van der Waals surface area contributed by atoms with Crippen LogP contribution in [-0.4, -0.2) is 93.1 Å². The monoisotopic (exact) mass is 790 g/mol. The molecular weight excluding hydrogens is 744 g/mol. The first-order valence-corrected chi connectivity index (χ1v) is 20.8. The van der Waals surface area contributed by atoms with Crippen LogP contribution in [0.4, 0.5) is 16.3 Å². The van der Waals surface area contributed by atoms with Gasteiger partial charge < -0.3 is 19.9 Å². The average molecular weight is 791 g/mol.